The predicted octanol–water partition coefficient (Wildman–Crippen LogP) is 1.60. The van der Waals surface area contributed by atoms with E-state index < -0.39 is 23.7 Å². The molecule has 3 heterocycles. The fourth-order valence-corrected chi connectivity index (χ4v) is 3.06. The number of H-pyrrole nitrogens is 1. The molecule has 4 aromatic rings. The summed E-state index contributed by atoms with van der Waals surface area (Å²) in [5.74, 6) is 0.0702. The van der Waals surface area contributed by atoms with Gasteiger partial charge in [0.05, 0.1) is 16.6 Å². The molecule has 158 valence electrons. The minimum Gasteiger partial charge on any atom is -0.309 e. The Morgan fingerprint density at radius 1 is 1.10 bits per heavy atom. The Balaban J connectivity index is 1.68. The van der Waals surface area contributed by atoms with E-state index in [1.807, 2.05) is 20.8 Å². The lowest BCUT2D eigenvalue weighted by molar-refractivity contribution is -0.116. The van der Waals surface area contributed by atoms with Gasteiger partial charge in [-0.1, -0.05) is 32.9 Å². The van der Waals surface area contributed by atoms with E-state index in [1.54, 1.807) is 48.8 Å². The number of hydrogen-bond donors (Lipinski definition) is 2. The van der Waals surface area contributed by atoms with Gasteiger partial charge in [-0.05, 0) is 18.2 Å². The molecule has 10 heteroatoms. The Bertz CT molecular complexity index is 1380. The fourth-order valence-electron chi connectivity index (χ4n) is 3.06. The molecule has 10 nitrogen and oxygen atoms in total. The van der Waals surface area contributed by atoms with Gasteiger partial charge < -0.3 is 10.3 Å². The lowest BCUT2D eigenvalue weighted by atomic mass is 9.92. The Hall–Kier alpha value is -4.08. The van der Waals surface area contributed by atoms with Gasteiger partial charge in [0, 0.05) is 23.9 Å². The number of benzene rings is 1. The van der Waals surface area contributed by atoms with Gasteiger partial charge in [0.15, 0.2) is 0 Å². The lowest BCUT2D eigenvalue weighted by Gasteiger charge is -2.13. The first kappa shape index (κ1) is 20.2. The Labute approximate surface area is 176 Å². The van der Waals surface area contributed by atoms with E-state index in [9.17, 15) is 14.4 Å². The van der Waals surface area contributed by atoms with Crippen LogP contribution in [0.4, 0.5) is 5.82 Å². The minimum absolute atomic E-state index is 0.286. The van der Waals surface area contributed by atoms with E-state index in [4.69, 9.17) is 0 Å². The first-order valence-electron chi connectivity index (χ1n) is 9.64. The number of hydrogen-bond acceptors (Lipinski definition) is 6. The van der Waals surface area contributed by atoms with Gasteiger partial charge in [-0.25, -0.2) is 14.8 Å². The molecule has 1 amide bonds. The summed E-state index contributed by atoms with van der Waals surface area (Å²) in [6.07, 6.45) is 3.14. The average molecular weight is 419 g/mol. The number of amides is 1. The second kappa shape index (κ2) is 7.63. The number of aromatic amines is 1. The predicted molar refractivity (Wildman–Crippen MR) is 115 cm³/mol. The molecule has 0 saturated heterocycles. The van der Waals surface area contributed by atoms with Crippen LogP contribution < -0.4 is 16.6 Å². The summed E-state index contributed by atoms with van der Waals surface area (Å²) in [4.78, 5) is 48.8. The summed E-state index contributed by atoms with van der Waals surface area (Å²) >= 11 is 0. The molecule has 0 radical (unpaired) electrons. The molecule has 0 saturated carbocycles. The summed E-state index contributed by atoms with van der Waals surface area (Å²) < 4.78 is 2.29. The monoisotopic (exact) mass is 419 g/mol. The van der Waals surface area contributed by atoms with Gasteiger partial charge in [-0.15, -0.1) is 0 Å². The first-order chi connectivity index (χ1) is 14.7. The van der Waals surface area contributed by atoms with Crippen molar-refractivity contribution in [3.05, 3.63) is 75.3 Å². The molecule has 2 N–H and O–H groups in total. The largest absolute Gasteiger partial charge is 0.329 e. The summed E-state index contributed by atoms with van der Waals surface area (Å²) in [6, 6.07) is 10.0. The topological polar surface area (TPSA) is 128 Å². The minimum atomic E-state index is -0.658. The smallest absolute Gasteiger partial charge is 0.309 e. The highest BCUT2D eigenvalue weighted by molar-refractivity contribution is 5.90. The molecule has 0 fully saturated rings. The first-order valence-corrected chi connectivity index (χ1v) is 9.64. The van der Waals surface area contributed by atoms with E-state index in [0.717, 1.165) is 10.3 Å². The average Bonchev–Trinajstić information content (AvgIpc) is 3.16. The van der Waals surface area contributed by atoms with Crippen molar-refractivity contribution in [2.45, 2.75) is 32.7 Å². The van der Waals surface area contributed by atoms with Crippen LogP contribution in [0.2, 0.25) is 0 Å². The molecule has 3 aromatic heterocycles. The van der Waals surface area contributed by atoms with Crippen LogP contribution in [0.15, 0.2) is 58.4 Å². The van der Waals surface area contributed by atoms with Crippen LogP contribution in [0, 0.1) is 0 Å². The van der Waals surface area contributed by atoms with Crippen molar-refractivity contribution < 1.29 is 4.79 Å². The Kier molecular flexibility index (Phi) is 4.97. The third kappa shape index (κ3) is 4.00. The van der Waals surface area contributed by atoms with Crippen LogP contribution in [-0.4, -0.2) is 35.2 Å². The number of aromatic nitrogens is 6. The third-order valence-electron chi connectivity index (χ3n) is 4.68. The number of nitrogens with one attached hydrogen (secondary N) is 2. The van der Waals surface area contributed by atoms with Gasteiger partial charge in [0.25, 0.3) is 11.5 Å². The van der Waals surface area contributed by atoms with Crippen molar-refractivity contribution in [2.75, 3.05) is 5.32 Å². The maximum atomic E-state index is 12.8. The molecule has 1 aromatic carbocycles. The molecule has 0 aliphatic carbocycles. The van der Waals surface area contributed by atoms with Crippen molar-refractivity contribution in [3.63, 3.8) is 0 Å². The molecule has 31 heavy (non-hydrogen) atoms. The van der Waals surface area contributed by atoms with E-state index in [0.29, 0.717) is 16.7 Å². The molecule has 0 bridgehead atoms. The lowest BCUT2D eigenvalue weighted by Crippen LogP contribution is -2.38. The number of rotatable bonds is 4. The summed E-state index contributed by atoms with van der Waals surface area (Å²) in [7, 11) is 0. The van der Waals surface area contributed by atoms with Crippen LogP contribution in [0.3, 0.4) is 0 Å². The molecule has 0 aliphatic rings. The number of fused-ring (bicyclic) bond motifs is 1. The van der Waals surface area contributed by atoms with Gasteiger partial charge in [-0.2, -0.15) is 9.78 Å². The maximum absolute atomic E-state index is 12.8. The molecule has 0 aliphatic heterocycles. The molecular formula is C21H21N7O3. The highest BCUT2D eigenvalue weighted by atomic mass is 16.2. The molecule has 0 spiro atoms. The van der Waals surface area contributed by atoms with Crippen LogP contribution >= 0.6 is 0 Å². The van der Waals surface area contributed by atoms with Gasteiger partial charge in [0.1, 0.15) is 12.4 Å². The molecule has 0 unspecified atom stereocenters. The van der Waals surface area contributed by atoms with E-state index in [2.05, 4.69) is 25.4 Å². The summed E-state index contributed by atoms with van der Waals surface area (Å²) in [5.41, 5.74) is -0.343. The summed E-state index contributed by atoms with van der Waals surface area (Å²) in [6.45, 7) is 5.52. The zero-order valence-electron chi connectivity index (χ0n) is 17.3. The molecule has 4 rings (SSSR count). The van der Waals surface area contributed by atoms with E-state index in [-0.39, 0.29) is 11.4 Å². The normalized spacial score (nSPS) is 11.6. The van der Waals surface area contributed by atoms with Crippen molar-refractivity contribution >= 4 is 22.6 Å². The maximum Gasteiger partial charge on any atom is 0.329 e. The number of para-hydroxylation sites is 1. The highest BCUT2D eigenvalue weighted by Crippen LogP contribution is 2.25. The highest BCUT2D eigenvalue weighted by Gasteiger charge is 2.22. The van der Waals surface area contributed by atoms with E-state index in [1.165, 1.54) is 4.68 Å². The number of carbonyl (C=O) groups excluding carboxylic acids is 1. The second-order valence-corrected chi connectivity index (χ2v) is 8.04. The quantitative estimate of drug-likeness (QED) is 0.517. The standard InChI is InChI=1S/C21H21N7O3/c1-21(2,3)15-11-16(28(26-15)19-22-9-6-10-23-19)25-17(29)12-27-18(30)13-7-4-5-8-14(13)24-20(27)31/h4-11H,12H2,1-3H3,(H,24,31)(H,25,29). The van der Waals surface area contributed by atoms with Crippen molar-refractivity contribution in [2.24, 2.45) is 0 Å². The van der Waals surface area contributed by atoms with Crippen LogP contribution in [0.5, 0.6) is 0 Å². The van der Waals surface area contributed by atoms with Gasteiger partial charge in [-0.3, -0.25) is 14.2 Å². The van der Waals surface area contributed by atoms with E-state index >= 15 is 0 Å². The Morgan fingerprint density at radius 3 is 2.52 bits per heavy atom. The number of anilines is 1. The third-order valence-corrected chi connectivity index (χ3v) is 4.68. The van der Waals surface area contributed by atoms with Crippen molar-refractivity contribution in [1.29, 1.82) is 0 Å². The summed E-state index contributed by atoms with van der Waals surface area (Å²) in [5, 5.41) is 7.58. The Morgan fingerprint density at radius 2 is 1.81 bits per heavy atom. The number of nitrogens with zero attached hydrogens (tertiary/aromatic N) is 5. The van der Waals surface area contributed by atoms with Crippen LogP contribution in [0.25, 0.3) is 16.9 Å². The zero-order chi connectivity index (χ0) is 22.2. The number of carbonyl (C=O) groups is 1. The van der Waals surface area contributed by atoms with Gasteiger partial charge in [0.2, 0.25) is 5.91 Å². The molecular weight excluding hydrogens is 398 g/mol. The zero-order valence-corrected chi connectivity index (χ0v) is 17.3. The molecule has 0 atom stereocenters. The second-order valence-electron chi connectivity index (χ2n) is 8.04. The van der Waals surface area contributed by atoms with Crippen LogP contribution in [0.1, 0.15) is 26.5 Å². The SMILES string of the molecule is CC(C)(C)c1cc(NC(=O)Cn2c(=O)[nH]c3ccccc3c2=O)n(-c2ncccn2)n1. The van der Waals surface area contributed by atoms with Crippen molar-refractivity contribution in [3.8, 4) is 5.95 Å². The van der Waals surface area contributed by atoms with Gasteiger partial charge >= 0.3 is 5.69 Å². The fraction of sp³-hybridized carbons (Fsp3) is 0.238. The van der Waals surface area contributed by atoms with Crippen LogP contribution in [-0.2, 0) is 16.8 Å². The van der Waals surface area contributed by atoms with Crippen molar-refractivity contribution in [1.82, 2.24) is 29.3 Å².